The summed E-state index contributed by atoms with van der Waals surface area (Å²) in [5, 5.41) is 0. The van der Waals surface area contributed by atoms with Crippen molar-refractivity contribution in [2.45, 2.75) is 32.4 Å². The zero-order chi connectivity index (χ0) is 11.4. The third-order valence-electron chi connectivity index (χ3n) is 3.39. The molecule has 2 atom stereocenters. The van der Waals surface area contributed by atoms with Crippen LogP contribution in [0.15, 0.2) is 18.5 Å². The van der Waals surface area contributed by atoms with Crippen LogP contribution in [0.1, 0.15) is 25.6 Å². The highest BCUT2D eigenvalue weighted by Gasteiger charge is 2.25. The Hall–Kier alpha value is -1.00. The molecule has 1 aliphatic rings. The van der Waals surface area contributed by atoms with Gasteiger partial charge in [-0.1, -0.05) is 13.3 Å². The van der Waals surface area contributed by atoms with Crippen LogP contribution in [0.2, 0.25) is 0 Å². The SMILES string of the molecule is CCC1CN(Cc2ncccn2)CCC1N. The summed E-state index contributed by atoms with van der Waals surface area (Å²) in [5.74, 6) is 1.53. The zero-order valence-corrected chi connectivity index (χ0v) is 9.84. The van der Waals surface area contributed by atoms with E-state index in [4.69, 9.17) is 5.73 Å². The Balaban J connectivity index is 1.92. The number of hydrogen-bond acceptors (Lipinski definition) is 4. The molecule has 16 heavy (non-hydrogen) atoms. The minimum Gasteiger partial charge on any atom is -0.327 e. The summed E-state index contributed by atoms with van der Waals surface area (Å²) in [5.41, 5.74) is 6.09. The van der Waals surface area contributed by atoms with Gasteiger partial charge < -0.3 is 5.73 Å². The second-order valence-corrected chi connectivity index (χ2v) is 4.52. The number of nitrogens with zero attached hydrogens (tertiary/aromatic N) is 3. The van der Waals surface area contributed by atoms with Crippen LogP contribution in [-0.4, -0.2) is 34.0 Å². The first kappa shape index (κ1) is 11.5. The van der Waals surface area contributed by atoms with Crippen molar-refractivity contribution in [2.24, 2.45) is 11.7 Å². The molecule has 0 spiro atoms. The monoisotopic (exact) mass is 220 g/mol. The van der Waals surface area contributed by atoms with Gasteiger partial charge in [0.2, 0.25) is 0 Å². The Kier molecular flexibility index (Phi) is 3.85. The van der Waals surface area contributed by atoms with E-state index in [2.05, 4.69) is 21.8 Å². The average molecular weight is 220 g/mol. The van der Waals surface area contributed by atoms with Gasteiger partial charge in [-0.05, 0) is 18.4 Å². The van der Waals surface area contributed by atoms with Gasteiger partial charge in [-0.3, -0.25) is 4.90 Å². The highest BCUT2D eigenvalue weighted by Crippen LogP contribution is 2.19. The maximum absolute atomic E-state index is 6.09. The van der Waals surface area contributed by atoms with Gasteiger partial charge in [0.05, 0.1) is 6.54 Å². The molecule has 1 saturated heterocycles. The molecule has 0 saturated carbocycles. The molecule has 1 aromatic heterocycles. The number of nitrogens with two attached hydrogens (primary N) is 1. The summed E-state index contributed by atoms with van der Waals surface area (Å²) in [6, 6.07) is 2.22. The van der Waals surface area contributed by atoms with E-state index in [-0.39, 0.29) is 0 Å². The van der Waals surface area contributed by atoms with Crippen molar-refractivity contribution in [2.75, 3.05) is 13.1 Å². The van der Waals surface area contributed by atoms with Gasteiger partial charge in [0, 0.05) is 31.5 Å². The first-order chi connectivity index (χ1) is 7.79. The molecule has 1 aromatic rings. The van der Waals surface area contributed by atoms with E-state index >= 15 is 0 Å². The lowest BCUT2D eigenvalue weighted by atomic mass is 9.91. The van der Waals surface area contributed by atoms with E-state index in [0.29, 0.717) is 12.0 Å². The molecule has 2 N–H and O–H groups in total. The molecule has 2 heterocycles. The minimum absolute atomic E-state index is 0.373. The molecule has 1 aliphatic heterocycles. The number of hydrogen-bond donors (Lipinski definition) is 1. The van der Waals surface area contributed by atoms with Crippen LogP contribution in [0.5, 0.6) is 0 Å². The molecule has 4 heteroatoms. The van der Waals surface area contributed by atoms with Crippen molar-refractivity contribution in [1.29, 1.82) is 0 Å². The second-order valence-electron chi connectivity index (χ2n) is 4.52. The summed E-state index contributed by atoms with van der Waals surface area (Å²) in [7, 11) is 0. The van der Waals surface area contributed by atoms with Gasteiger partial charge in [0.15, 0.2) is 0 Å². The number of rotatable bonds is 3. The van der Waals surface area contributed by atoms with Crippen LogP contribution < -0.4 is 5.73 Å². The maximum Gasteiger partial charge on any atom is 0.142 e. The highest BCUT2D eigenvalue weighted by atomic mass is 15.2. The first-order valence-corrected chi connectivity index (χ1v) is 6.03. The van der Waals surface area contributed by atoms with Crippen LogP contribution in [0.3, 0.4) is 0 Å². The molecule has 2 unspecified atom stereocenters. The number of aromatic nitrogens is 2. The van der Waals surface area contributed by atoms with E-state index in [0.717, 1.165) is 38.3 Å². The van der Waals surface area contributed by atoms with Gasteiger partial charge in [-0.15, -0.1) is 0 Å². The number of likely N-dealkylation sites (tertiary alicyclic amines) is 1. The minimum atomic E-state index is 0.373. The summed E-state index contributed by atoms with van der Waals surface area (Å²) in [6.07, 6.45) is 5.85. The molecular formula is C12H20N4. The molecule has 88 valence electrons. The van der Waals surface area contributed by atoms with E-state index in [1.807, 2.05) is 6.07 Å². The topological polar surface area (TPSA) is 55.0 Å². The molecule has 4 nitrogen and oxygen atoms in total. The second kappa shape index (κ2) is 5.37. The van der Waals surface area contributed by atoms with Crippen molar-refractivity contribution in [3.63, 3.8) is 0 Å². The lowest BCUT2D eigenvalue weighted by molar-refractivity contribution is 0.142. The third kappa shape index (κ3) is 2.77. The first-order valence-electron chi connectivity index (χ1n) is 6.03. The summed E-state index contributed by atoms with van der Waals surface area (Å²) in [6.45, 7) is 5.21. The Morgan fingerprint density at radius 2 is 2.19 bits per heavy atom. The lowest BCUT2D eigenvalue weighted by Crippen LogP contribution is -2.46. The van der Waals surface area contributed by atoms with Crippen LogP contribution in [0.25, 0.3) is 0 Å². The molecule has 0 amide bonds. The smallest absolute Gasteiger partial charge is 0.142 e. The van der Waals surface area contributed by atoms with Crippen LogP contribution in [-0.2, 0) is 6.54 Å². The van der Waals surface area contributed by atoms with Gasteiger partial charge >= 0.3 is 0 Å². The fourth-order valence-corrected chi connectivity index (χ4v) is 2.31. The molecule has 1 fully saturated rings. The van der Waals surface area contributed by atoms with Crippen LogP contribution in [0.4, 0.5) is 0 Å². The summed E-state index contributed by atoms with van der Waals surface area (Å²) < 4.78 is 0. The predicted octanol–water partition coefficient (Wildman–Crippen LogP) is 1.04. The standard InChI is InChI=1S/C12H20N4/c1-2-10-8-16(7-4-11(10)13)9-12-14-5-3-6-15-12/h3,5-6,10-11H,2,4,7-9,13H2,1H3. The highest BCUT2D eigenvalue weighted by molar-refractivity contribution is 4.90. The van der Waals surface area contributed by atoms with Crippen molar-refractivity contribution in [1.82, 2.24) is 14.9 Å². The Labute approximate surface area is 96.9 Å². The molecule has 0 radical (unpaired) electrons. The fraction of sp³-hybridized carbons (Fsp3) is 0.667. The molecule has 0 aromatic carbocycles. The van der Waals surface area contributed by atoms with E-state index < -0.39 is 0 Å². The van der Waals surface area contributed by atoms with Crippen molar-refractivity contribution in [3.05, 3.63) is 24.3 Å². The summed E-state index contributed by atoms with van der Waals surface area (Å²) in [4.78, 5) is 10.9. The Bertz CT molecular complexity index is 314. The molecule has 0 aliphatic carbocycles. The van der Waals surface area contributed by atoms with Crippen molar-refractivity contribution >= 4 is 0 Å². The predicted molar refractivity (Wildman–Crippen MR) is 63.7 cm³/mol. The fourth-order valence-electron chi connectivity index (χ4n) is 2.31. The Morgan fingerprint density at radius 3 is 2.88 bits per heavy atom. The molecular weight excluding hydrogens is 200 g/mol. The van der Waals surface area contributed by atoms with Crippen LogP contribution >= 0.6 is 0 Å². The largest absolute Gasteiger partial charge is 0.327 e. The lowest BCUT2D eigenvalue weighted by Gasteiger charge is -2.36. The van der Waals surface area contributed by atoms with Gasteiger partial charge in [-0.25, -0.2) is 9.97 Å². The molecule has 2 rings (SSSR count). The van der Waals surface area contributed by atoms with Crippen LogP contribution in [0, 0.1) is 5.92 Å². The van der Waals surface area contributed by atoms with E-state index in [1.165, 1.54) is 0 Å². The normalized spacial score (nSPS) is 26.9. The van der Waals surface area contributed by atoms with Crippen molar-refractivity contribution in [3.8, 4) is 0 Å². The molecule has 0 bridgehead atoms. The third-order valence-corrected chi connectivity index (χ3v) is 3.39. The zero-order valence-electron chi connectivity index (χ0n) is 9.84. The van der Waals surface area contributed by atoms with E-state index in [1.54, 1.807) is 12.4 Å². The maximum atomic E-state index is 6.09. The van der Waals surface area contributed by atoms with Gasteiger partial charge in [0.25, 0.3) is 0 Å². The van der Waals surface area contributed by atoms with Crippen molar-refractivity contribution < 1.29 is 0 Å². The average Bonchev–Trinajstić information content (AvgIpc) is 2.33. The van der Waals surface area contributed by atoms with Gasteiger partial charge in [-0.2, -0.15) is 0 Å². The number of piperidine rings is 1. The summed E-state index contributed by atoms with van der Waals surface area (Å²) >= 11 is 0. The van der Waals surface area contributed by atoms with Gasteiger partial charge in [0.1, 0.15) is 5.82 Å². The quantitative estimate of drug-likeness (QED) is 0.827. The van der Waals surface area contributed by atoms with E-state index in [9.17, 15) is 0 Å². The Morgan fingerprint density at radius 1 is 1.44 bits per heavy atom.